The maximum Gasteiger partial charge on any atom is 0.233 e. The standard InChI is InChI=1S/C32H25IN2O2S/c1-32(17-26-21-9-3-5-11-23(21)27(32)24-12-6-4-10-22(24)26)30(36)35-31-34-28(29(33)38-31)25-13-7-8-18-16-19(37-2)14-15-20(18)25/h3-16,26-27H,17H2,1-2H3,(H,34,35,36). The summed E-state index contributed by atoms with van der Waals surface area (Å²) in [4.78, 5) is 19.0. The van der Waals surface area contributed by atoms with Gasteiger partial charge in [0.25, 0.3) is 0 Å². The molecule has 0 aliphatic heterocycles. The molecule has 1 unspecified atom stereocenters. The Morgan fingerprint density at radius 1 is 0.974 bits per heavy atom. The van der Waals surface area contributed by atoms with Crippen molar-refractivity contribution in [2.24, 2.45) is 5.41 Å². The number of nitrogens with zero attached hydrogens (tertiary/aromatic N) is 1. The first kappa shape index (κ1) is 23.9. The van der Waals surface area contributed by atoms with Crippen molar-refractivity contribution < 1.29 is 9.53 Å². The van der Waals surface area contributed by atoms with Crippen LogP contribution in [0.1, 0.15) is 47.4 Å². The quantitative estimate of drug-likeness (QED) is 0.204. The van der Waals surface area contributed by atoms with Gasteiger partial charge in [-0.1, -0.05) is 84.1 Å². The lowest BCUT2D eigenvalue weighted by Crippen LogP contribution is -2.47. The molecule has 0 saturated carbocycles. The van der Waals surface area contributed by atoms with Gasteiger partial charge in [0, 0.05) is 17.4 Å². The van der Waals surface area contributed by atoms with Crippen LogP contribution in [0, 0.1) is 8.30 Å². The average Bonchev–Trinajstić information content (AvgIpc) is 3.31. The summed E-state index contributed by atoms with van der Waals surface area (Å²) in [7, 11) is 1.68. The molecule has 4 aromatic carbocycles. The van der Waals surface area contributed by atoms with Crippen LogP contribution in [0.2, 0.25) is 0 Å². The highest BCUT2D eigenvalue weighted by Crippen LogP contribution is 2.61. The van der Waals surface area contributed by atoms with E-state index in [4.69, 9.17) is 9.72 Å². The second-order valence-electron chi connectivity index (χ2n) is 10.4. The number of carbonyl (C=O) groups is 1. The number of halogens is 1. The van der Waals surface area contributed by atoms with Crippen molar-refractivity contribution in [3.05, 3.63) is 110 Å². The van der Waals surface area contributed by atoms with E-state index in [2.05, 4.69) is 102 Å². The monoisotopic (exact) mass is 628 g/mol. The highest BCUT2D eigenvalue weighted by atomic mass is 127. The lowest BCUT2D eigenvalue weighted by Gasteiger charge is -2.50. The average molecular weight is 629 g/mol. The first-order valence-electron chi connectivity index (χ1n) is 12.7. The van der Waals surface area contributed by atoms with Crippen molar-refractivity contribution in [1.82, 2.24) is 4.98 Å². The minimum absolute atomic E-state index is 0.0199. The molecule has 1 aromatic heterocycles. The van der Waals surface area contributed by atoms with Crippen LogP contribution < -0.4 is 10.1 Å². The van der Waals surface area contributed by atoms with E-state index in [1.807, 2.05) is 18.2 Å². The molecule has 3 aliphatic rings. The van der Waals surface area contributed by atoms with Gasteiger partial charge in [-0.05, 0) is 81.1 Å². The third-order valence-electron chi connectivity index (χ3n) is 8.30. The maximum atomic E-state index is 14.1. The van der Waals surface area contributed by atoms with Gasteiger partial charge >= 0.3 is 0 Å². The summed E-state index contributed by atoms with van der Waals surface area (Å²) < 4.78 is 6.46. The summed E-state index contributed by atoms with van der Waals surface area (Å²) in [5, 5.41) is 6.09. The number of hydrogen-bond donors (Lipinski definition) is 1. The van der Waals surface area contributed by atoms with E-state index in [1.54, 1.807) is 7.11 Å². The number of benzene rings is 4. The van der Waals surface area contributed by atoms with Gasteiger partial charge in [-0.2, -0.15) is 0 Å². The van der Waals surface area contributed by atoms with E-state index in [0.717, 1.165) is 37.1 Å². The van der Waals surface area contributed by atoms with E-state index >= 15 is 0 Å². The largest absolute Gasteiger partial charge is 0.497 e. The molecule has 0 fully saturated rings. The summed E-state index contributed by atoms with van der Waals surface area (Å²) >= 11 is 3.86. The molecule has 1 N–H and O–H groups in total. The van der Waals surface area contributed by atoms with Crippen LogP contribution in [0.5, 0.6) is 5.75 Å². The molecule has 38 heavy (non-hydrogen) atoms. The molecular weight excluding hydrogens is 603 g/mol. The van der Waals surface area contributed by atoms with Crippen molar-refractivity contribution in [3.8, 4) is 17.0 Å². The Morgan fingerprint density at radius 2 is 1.66 bits per heavy atom. The summed E-state index contributed by atoms with van der Waals surface area (Å²) in [6, 6.07) is 29.6. The normalized spacial score (nSPS) is 21.1. The predicted octanol–water partition coefficient (Wildman–Crippen LogP) is 8.20. The molecule has 1 atom stereocenters. The molecule has 6 heteroatoms. The zero-order valence-corrected chi connectivity index (χ0v) is 24.0. The topological polar surface area (TPSA) is 51.2 Å². The number of amides is 1. The Bertz CT molecular complexity index is 1700. The van der Waals surface area contributed by atoms with Gasteiger partial charge in [-0.3, -0.25) is 4.79 Å². The smallest absolute Gasteiger partial charge is 0.233 e. The third-order valence-corrected chi connectivity index (χ3v) is 10.2. The van der Waals surface area contributed by atoms with Crippen LogP contribution in [-0.4, -0.2) is 18.0 Å². The summed E-state index contributed by atoms with van der Waals surface area (Å²) in [5.74, 6) is 1.11. The Morgan fingerprint density at radius 3 is 2.34 bits per heavy atom. The van der Waals surface area contributed by atoms with Gasteiger partial charge in [0.2, 0.25) is 5.91 Å². The fourth-order valence-corrected chi connectivity index (χ4v) is 8.29. The number of hydrogen-bond acceptors (Lipinski definition) is 4. The number of anilines is 1. The minimum Gasteiger partial charge on any atom is -0.497 e. The molecule has 0 radical (unpaired) electrons. The number of aromatic nitrogens is 1. The fourth-order valence-electron chi connectivity index (χ4n) is 6.55. The Kier molecular flexibility index (Phi) is 5.60. The van der Waals surface area contributed by atoms with Gasteiger partial charge in [-0.15, -0.1) is 0 Å². The van der Waals surface area contributed by atoms with E-state index in [0.29, 0.717) is 5.13 Å². The van der Waals surface area contributed by atoms with Crippen LogP contribution in [0.15, 0.2) is 84.9 Å². The lowest BCUT2D eigenvalue weighted by molar-refractivity contribution is -0.126. The van der Waals surface area contributed by atoms with Crippen LogP contribution in [0.25, 0.3) is 22.0 Å². The molecular formula is C32H25IN2O2S. The number of nitrogens with one attached hydrogen (secondary N) is 1. The lowest BCUT2D eigenvalue weighted by atomic mass is 9.52. The van der Waals surface area contributed by atoms with E-state index < -0.39 is 5.41 Å². The highest BCUT2D eigenvalue weighted by Gasteiger charge is 2.54. The maximum absolute atomic E-state index is 14.1. The van der Waals surface area contributed by atoms with Crippen molar-refractivity contribution in [1.29, 1.82) is 0 Å². The molecule has 5 aromatic rings. The zero-order valence-electron chi connectivity index (χ0n) is 21.0. The van der Waals surface area contributed by atoms with Crippen molar-refractivity contribution >= 4 is 55.7 Å². The van der Waals surface area contributed by atoms with E-state index in [1.165, 1.54) is 33.6 Å². The number of ether oxygens (including phenoxy) is 1. The molecule has 1 heterocycles. The molecule has 2 bridgehead atoms. The first-order valence-corrected chi connectivity index (χ1v) is 14.6. The van der Waals surface area contributed by atoms with Crippen molar-refractivity contribution in [2.45, 2.75) is 25.2 Å². The fraction of sp³-hybridized carbons (Fsp3) is 0.188. The van der Waals surface area contributed by atoms with Crippen molar-refractivity contribution in [2.75, 3.05) is 12.4 Å². The SMILES string of the molecule is COc1ccc2c(-c3nc(NC(=O)C4(C)CC5c6ccccc6C4c4ccccc45)sc3I)cccc2c1. The summed E-state index contributed by atoms with van der Waals surface area (Å²) in [6.07, 6.45) is 0.790. The van der Waals surface area contributed by atoms with Gasteiger partial charge < -0.3 is 10.1 Å². The Hall–Kier alpha value is -3.23. The first-order chi connectivity index (χ1) is 18.5. The number of thiazole rings is 1. The van der Waals surface area contributed by atoms with Gasteiger partial charge in [0.15, 0.2) is 5.13 Å². The Balaban J connectivity index is 1.25. The molecule has 188 valence electrons. The number of fused-ring (bicyclic) bond motifs is 2. The Labute approximate surface area is 239 Å². The van der Waals surface area contributed by atoms with Crippen LogP contribution in [-0.2, 0) is 4.79 Å². The second-order valence-corrected chi connectivity index (χ2v) is 13.2. The molecule has 1 amide bonds. The third kappa shape index (κ3) is 3.53. The van der Waals surface area contributed by atoms with Gasteiger partial charge in [0.05, 0.1) is 21.1 Å². The molecule has 4 nitrogen and oxygen atoms in total. The molecule has 8 rings (SSSR count). The summed E-state index contributed by atoms with van der Waals surface area (Å²) in [5.41, 5.74) is 6.66. The van der Waals surface area contributed by atoms with Crippen molar-refractivity contribution in [3.63, 3.8) is 0 Å². The molecule has 0 spiro atoms. The van der Waals surface area contributed by atoms with Gasteiger partial charge in [0.1, 0.15) is 5.75 Å². The minimum atomic E-state index is -0.569. The van der Waals surface area contributed by atoms with Crippen LogP contribution in [0.3, 0.4) is 0 Å². The number of carbonyl (C=O) groups excluding carboxylic acids is 1. The van der Waals surface area contributed by atoms with Crippen LogP contribution in [0.4, 0.5) is 5.13 Å². The number of methoxy groups -OCH3 is 1. The summed E-state index contributed by atoms with van der Waals surface area (Å²) in [6.45, 7) is 2.13. The molecule has 3 aliphatic carbocycles. The second kappa shape index (κ2) is 8.92. The van der Waals surface area contributed by atoms with Gasteiger partial charge in [-0.25, -0.2) is 4.98 Å². The number of rotatable bonds is 4. The van der Waals surface area contributed by atoms with E-state index in [9.17, 15) is 4.79 Å². The predicted molar refractivity (Wildman–Crippen MR) is 162 cm³/mol. The zero-order chi connectivity index (χ0) is 26.0. The highest BCUT2D eigenvalue weighted by molar-refractivity contribution is 14.1. The van der Waals surface area contributed by atoms with E-state index in [-0.39, 0.29) is 17.7 Å². The molecule has 0 saturated heterocycles. The van der Waals surface area contributed by atoms with Crippen LogP contribution >= 0.6 is 33.9 Å².